The molecule has 1 fully saturated rings. The molecule has 1 N–H and O–H groups in total. The van der Waals surface area contributed by atoms with Crippen LogP contribution in [0.25, 0.3) is 11.0 Å². The summed E-state index contributed by atoms with van der Waals surface area (Å²) in [7, 11) is 0. The van der Waals surface area contributed by atoms with Crippen LogP contribution in [0.2, 0.25) is 0 Å². The summed E-state index contributed by atoms with van der Waals surface area (Å²) in [6.07, 6.45) is 4.36. The smallest absolute Gasteiger partial charge is 0.130 e. The Kier molecular flexibility index (Phi) is 3.50. The van der Waals surface area contributed by atoms with Gasteiger partial charge in [0.15, 0.2) is 0 Å². The van der Waals surface area contributed by atoms with E-state index in [-0.39, 0.29) is 11.4 Å². The first-order valence-electron chi connectivity index (χ1n) is 7.61. The first-order chi connectivity index (χ1) is 9.70. The van der Waals surface area contributed by atoms with Crippen LogP contribution in [0.1, 0.15) is 45.4 Å². The van der Waals surface area contributed by atoms with E-state index in [2.05, 4.69) is 23.7 Å². The number of hydrogen-bond acceptors (Lipinski definition) is 2. The van der Waals surface area contributed by atoms with E-state index >= 15 is 0 Å². The van der Waals surface area contributed by atoms with Gasteiger partial charge in [-0.25, -0.2) is 9.37 Å². The standard InChI is InChI=1S/C16H22FN3/c1-3-10-20-14-7-6-12(17)11-13(14)19-15(20)16(4-2)8-5-9-18-16/h6-7,11,18H,3-5,8-10H2,1-2H3. The molecule has 1 aromatic heterocycles. The molecule has 0 radical (unpaired) electrons. The van der Waals surface area contributed by atoms with Crippen LogP contribution >= 0.6 is 0 Å². The Morgan fingerprint density at radius 1 is 1.40 bits per heavy atom. The molecule has 1 atom stereocenters. The summed E-state index contributed by atoms with van der Waals surface area (Å²) < 4.78 is 15.7. The number of aromatic nitrogens is 2. The molecular weight excluding hydrogens is 253 g/mol. The summed E-state index contributed by atoms with van der Waals surface area (Å²) in [6, 6.07) is 4.93. The predicted octanol–water partition coefficient (Wildman–Crippen LogP) is 3.57. The van der Waals surface area contributed by atoms with Crippen molar-refractivity contribution in [2.24, 2.45) is 0 Å². The summed E-state index contributed by atoms with van der Waals surface area (Å²) in [5.41, 5.74) is 1.78. The number of rotatable bonds is 4. The SMILES string of the molecule is CCCn1c(C2(CC)CCCN2)nc2cc(F)ccc21. The predicted molar refractivity (Wildman–Crippen MR) is 79.2 cm³/mol. The van der Waals surface area contributed by atoms with Crippen LogP contribution in [0, 0.1) is 5.82 Å². The molecule has 20 heavy (non-hydrogen) atoms. The summed E-state index contributed by atoms with van der Waals surface area (Å²) in [4.78, 5) is 4.78. The van der Waals surface area contributed by atoms with Crippen molar-refractivity contribution in [3.63, 3.8) is 0 Å². The molecule has 0 amide bonds. The van der Waals surface area contributed by atoms with Crippen LogP contribution in [-0.4, -0.2) is 16.1 Å². The molecule has 4 heteroatoms. The largest absolute Gasteiger partial charge is 0.326 e. The van der Waals surface area contributed by atoms with E-state index in [0.717, 1.165) is 49.2 Å². The minimum atomic E-state index is -0.213. The minimum Gasteiger partial charge on any atom is -0.326 e. The lowest BCUT2D eigenvalue weighted by molar-refractivity contribution is 0.338. The molecule has 3 nitrogen and oxygen atoms in total. The molecule has 1 aliphatic rings. The van der Waals surface area contributed by atoms with Crippen LogP contribution in [-0.2, 0) is 12.1 Å². The molecule has 0 bridgehead atoms. The Morgan fingerprint density at radius 3 is 2.90 bits per heavy atom. The second kappa shape index (κ2) is 5.17. The molecule has 2 aromatic rings. The molecule has 2 heterocycles. The van der Waals surface area contributed by atoms with Crippen molar-refractivity contribution in [3.8, 4) is 0 Å². The van der Waals surface area contributed by atoms with Gasteiger partial charge in [-0.1, -0.05) is 13.8 Å². The van der Waals surface area contributed by atoms with Gasteiger partial charge in [-0.2, -0.15) is 0 Å². The van der Waals surface area contributed by atoms with Gasteiger partial charge in [-0.05, 0) is 44.4 Å². The van der Waals surface area contributed by atoms with Gasteiger partial charge in [0.2, 0.25) is 0 Å². The second-order valence-electron chi connectivity index (χ2n) is 5.69. The Balaban J connectivity index is 2.20. The van der Waals surface area contributed by atoms with Crippen molar-refractivity contribution >= 4 is 11.0 Å². The van der Waals surface area contributed by atoms with Crippen LogP contribution in [0.15, 0.2) is 18.2 Å². The molecule has 0 spiro atoms. The van der Waals surface area contributed by atoms with E-state index in [0.29, 0.717) is 0 Å². The van der Waals surface area contributed by atoms with Crippen molar-refractivity contribution in [1.29, 1.82) is 0 Å². The number of imidazole rings is 1. The molecular formula is C16H22FN3. The topological polar surface area (TPSA) is 29.9 Å². The molecule has 0 aliphatic carbocycles. The van der Waals surface area contributed by atoms with Gasteiger partial charge in [0.05, 0.1) is 16.6 Å². The van der Waals surface area contributed by atoms with E-state index in [1.165, 1.54) is 12.5 Å². The number of nitrogens with zero attached hydrogens (tertiary/aromatic N) is 2. The van der Waals surface area contributed by atoms with Crippen molar-refractivity contribution in [2.75, 3.05) is 6.54 Å². The molecule has 108 valence electrons. The van der Waals surface area contributed by atoms with E-state index in [9.17, 15) is 4.39 Å². The number of nitrogens with one attached hydrogen (secondary N) is 1. The van der Waals surface area contributed by atoms with Crippen molar-refractivity contribution in [1.82, 2.24) is 14.9 Å². The molecule has 1 unspecified atom stereocenters. The van der Waals surface area contributed by atoms with Gasteiger partial charge in [0.1, 0.15) is 11.6 Å². The van der Waals surface area contributed by atoms with Gasteiger partial charge < -0.3 is 9.88 Å². The Morgan fingerprint density at radius 2 is 2.25 bits per heavy atom. The zero-order valence-electron chi connectivity index (χ0n) is 12.2. The number of benzene rings is 1. The molecule has 1 aromatic carbocycles. The van der Waals surface area contributed by atoms with Crippen molar-refractivity contribution in [3.05, 3.63) is 29.8 Å². The Hall–Kier alpha value is -1.42. The third kappa shape index (κ3) is 2.03. The number of halogens is 1. The third-order valence-corrected chi connectivity index (χ3v) is 4.43. The van der Waals surface area contributed by atoms with Crippen LogP contribution in [0.4, 0.5) is 4.39 Å². The molecule has 1 saturated heterocycles. The van der Waals surface area contributed by atoms with E-state index in [4.69, 9.17) is 4.98 Å². The van der Waals surface area contributed by atoms with Gasteiger partial charge in [0, 0.05) is 12.6 Å². The summed E-state index contributed by atoms with van der Waals surface area (Å²) in [5, 5.41) is 3.63. The van der Waals surface area contributed by atoms with Gasteiger partial charge in [-0.3, -0.25) is 0 Å². The maximum atomic E-state index is 13.5. The van der Waals surface area contributed by atoms with Gasteiger partial charge in [-0.15, -0.1) is 0 Å². The van der Waals surface area contributed by atoms with E-state index in [1.54, 1.807) is 6.07 Å². The fraction of sp³-hybridized carbons (Fsp3) is 0.562. The quantitative estimate of drug-likeness (QED) is 0.924. The fourth-order valence-corrected chi connectivity index (χ4v) is 3.38. The lowest BCUT2D eigenvalue weighted by Gasteiger charge is -2.28. The van der Waals surface area contributed by atoms with Crippen LogP contribution in [0.3, 0.4) is 0 Å². The zero-order chi connectivity index (χ0) is 14.2. The average Bonchev–Trinajstić information content (AvgIpc) is 3.05. The first kappa shape index (κ1) is 13.6. The van der Waals surface area contributed by atoms with Crippen molar-refractivity contribution in [2.45, 2.75) is 51.6 Å². The highest BCUT2D eigenvalue weighted by molar-refractivity contribution is 5.76. The normalized spacial score (nSPS) is 22.8. The molecule has 0 saturated carbocycles. The molecule has 3 rings (SSSR count). The van der Waals surface area contributed by atoms with E-state index in [1.807, 2.05) is 6.07 Å². The highest BCUT2D eigenvalue weighted by Gasteiger charge is 2.38. The first-order valence-corrected chi connectivity index (χ1v) is 7.61. The Bertz CT molecular complexity index is 611. The number of hydrogen-bond donors (Lipinski definition) is 1. The highest BCUT2D eigenvalue weighted by atomic mass is 19.1. The maximum absolute atomic E-state index is 13.5. The summed E-state index contributed by atoms with van der Waals surface area (Å²) in [6.45, 7) is 6.34. The average molecular weight is 275 g/mol. The van der Waals surface area contributed by atoms with Crippen LogP contribution < -0.4 is 5.32 Å². The van der Waals surface area contributed by atoms with Crippen LogP contribution in [0.5, 0.6) is 0 Å². The maximum Gasteiger partial charge on any atom is 0.130 e. The lowest BCUT2D eigenvalue weighted by Crippen LogP contribution is -2.38. The number of aryl methyl sites for hydroxylation is 1. The van der Waals surface area contributed by atoms with Crippen molar-refractivity contribution < 1.29 is 4.39 Å². The molecule has 1 aliphatic heterocycles. The highest BCUT2D eigenvalue weighted by Crippen LogP contribution is 2.35. The Labute approximate surface area is 119 Å². The second-order valence-corrected chi connectivity index (χ2v) is 5.69. The van der Waals surface area contributed by atoms with Gasteiger partial charge in [0.25, 0.3) is 0 Å². The summed E-state index contributed by atoms with van der Waals surface area (Å²) in [5.74, 6) is 0.870. The van der Waals surface area contributed by atoms with Gasteiger partial charge >= 0.3 is 0 Å². The van der Waals surface area contributed by atoms with E-state index < -0.39 is 0 Å². The minimum absolute atomic E-state index is 0.0370. The lowest BCUT2D eigenvalue weighted by atomic mass is 9.93. The third-order valence-electron chi connectivity index (χ3n) is 4.43. The monoisotopic (exact) mass is 275 g/mol. The fourth-order valence-electron chi connectivity index (χ4n) is 3.38. The number of fused-ring (bicyclic) bond motifs is 1. The zero-order valence-corrected chi connectivity index (χ0v) is 12.2. The summed E-state index contributed by atoms with van der Waals surface area (Å²) >= 11 is 0.